The molecule has 1 aromatic rings. The second kappa shape index (κ2) is 6.61. The molecular weight excluding hydrogens is 268 g/mol. The normalized spacial score (nSPS) is 15.5. The van der Waals surface area contributed by atoms with Gasteiger partial charge in [-0.2, -0.15) is 0 Å². The zero-order valence-electron chi connectivity index (χ0n) is 12.6. The van der Waals surface area contributed by atoms with Crippen LogP contribution in [0.5, 0.6) is 0 Å². The molecule has 0 aliphatic heterocycles. The van der Waals surface area contributed by atoms with Gasteiger partial charge < -0.3 is 10.0 Å². The summed E-state index contributed by atoms with van der Waals surface area (Å²) in [5.74, 6) is -1.02. The van der Waals surface area contributed by atoms with E-state index in [0.29, 0.717) is 5.69 Å². The molecule has 5 heteroatoms. The molecule has 2 amide bonds. The minimum absolute atomic E-state index is 0.144. The molecule has 1 aliphatic rings. The van der Waals surface area contributed by atoms with Crippen LogP contribution < -0.4 is 4.90 Å². The fourth-order valence-electron chi connectivity index (χ4n) is 2.91. The van der Waals surface area contributed by atoms with Crippen molar-refractivity contribution in [1.82, 2.24) is 4.90 Å². The van der Waals surface area contributed by atoms with Crippen LogP contribution in [0.25, 0.3) is 0 Å². The van der Waals surface area contributed by atoms with Crippen LogP contribution in [0.3, 0.4) is 0 Å². The van der Waals surface area contributed by atoms with Gasteiger partial charge in [0.05, 0.1) is 11.3 Å². The molecule has 1 aromatic carbocycles. The van der Waals surface area contributed by atoms with E-state index in [0.717, 1.165) is 25.7 Å². The summed E-state index contributed by atoms with van der Waals surface area (Å²) in [6.07, 6.45) is 5.58. The lowest BCUT2D eigenvalue weighted by molar-refractivity contribution is 0.0697. The summed E-state index contributed by atoms with van der Waals surface area (Å²) >= 11 is 0. The molecule has 1 N–H and O–H groups in total. The first-order valence-corrected chi connectivity index (χ1v) is 7.35. The number of aromatic carboxylic acids is 1. The van der Waals surface area contributed by atoms with Crippen molar-refractivity contribution in [3.63, 3.8) is 0 Å². The van der Waals surface area contributed by atoms with Crippen LogP contribution in [0, 0.1) is 0 Å². The van der Waals surface area contributed by atoms with Crippen LogP contribution >= 0.6 is 0 Å². The van der Waals surface area contributed by atoms with Gasteiger partial charge in [-0.05, 0) is 25.0 Å². The molecule has 0 saturated heterocycles. The first-order chi connectivity index (χ1) is 10.0. The molecular formula is C16H22N2O3. The Morgan fingerprint density at radius 2 is 1.71 bits per heavy atom. The van der Waals surface area contributed by atoms with Crippen LogP contribution in [-0.2, 0) is 0 Å². The predicted molar refractivity (Wildman–Crippen MR) is 81.8 cm³/mol. The molecule has 1 fully saturated rings. The monoisotopic (exact) mass is 290 g/mol. The van der Waals surface area contributed by atoms with Gasteiger partial charge >= 0.3 is 12.0 Å². The highest BCUT2D eigenvalue weighted by Crippen LogP contribution is 2.25. The van der Waals surface area contributed by atoms with Gasteiger partial charge in [-0.25, -0.2) is 9.59 Å². The molecule has 0 atom stereocenters. The molecule has 21 heavy (non-hydrogen) atoms. The lowest BCUT2D eigenvalue weighted by atomic mass is 9.95. The van der Waals surface area contributed by atoms with Gasteiger partial charge in [-0.15, -0.1) is 0 Å². The number of carboxylic acid groups (broad SMARTS) is 1. The third-order valence-electron chi connectivity index (χ3n) is 4.21. The smallest absolute Gasteiger partial charge is 0.337 e. The highest BCUT2D eigenvalue weighted by atomic mass is 16.4. The van der Waals surface area contributed by atoms with Gasteiger partial charge in [0, 0.05) is 20.1 Å². The summed E-state index contributed by atoms with van der Waals surface area (Å²) in [7, 11) is 3.43. The van der Waals surface area contributed by atoms with E-state index in [2.05, 4.69) is 0 Å². The largest absolute Gasteiger partial charge is 0.478 e. The first kappa shape index (κ1) is 15.4. The number of rotatable bonds is 3. The fraction of sp³-hybridized carbons (Fsp3) is 0.500. The van der Waals surface area contributed by atoms with Crippen molar-refractivity contribution in [1.29, 1.82) is 0 Å². The average molecular weight is 290 g/mol. The molecule has 114 valence electrons. The van der Waals surface area contributed by atoms with E-state index in [4.69, 9.17) is 0 Å². The number of hydrogen-bond acceptors (Lipinski definition) is 2. The minimum Gasteiger partial charge on any atom is -0.478 e. The first-order valence-electron chi connectivity index (χ1n) is 7.35. The summed E-state index contributed by atoms with van der Waals surface area (Å²) in [4.78, 5) is 27.0. The van der Waals surface area contributed by atoms with E-state index in [-0.39, 0.29) is 17.6 Å². The number of amides is 2. The SMILES string of the molecule is CN(C(=O)N(C)C1CCCCC1)c1ccccc1C(=O)O. The maximum absolute atomic E-state index is 12.6. The van der Waals surface area contributed by atoms with Crippen molar-refractivity contribution in [2.45, 2.75) is 38.1 Å². The second-order valence-corrected chi connectivity index (χ2v) is 5.57. The standard InChI is InChI=1S/C16H22N2O3/c1-17(12-8-4-3-5-9-12)16(21)18(2)14-11-7-6-10-13(14)15(19)20/h6-7,10-12H,3-5,8-9H2,1-2H3,(H,19,20). The van der Waals surface area contributed by atoms with Gasteiger partial charge in [-0.1, -0.05) is 31.4 Å². The number of benzene rings is 1. The Labute approximate surface area is 125 Å². The number of carboxylic acids is 1. The second-order valence-electron chi connectivity index (χ2n) is 5.57. The predicted octanol–water partition coefficient (Wildman–Crippen LogP) is 3.21. The number of carbonyl (C=O) groups excluding carboxylic acids is 1. The summed E-state index contributed by atoms with van der Waals surface area (Å²) in [5, 5.41) is 9.23. The Hall–Kier alpha value is -2.04. The van der Waals surface area contributed by atoms with Crippen LogP contribution in [0.2, 0.25) is 0 Å². The Morgan fingerprint density at radius 1 is 1.10 bits per heavy atom. The molecule has 0 bridgehead atoms. The van der Waals surface area contributed by atoms with E-state index in [1.807, 2.05) is 0 Å². The molecule has 0 unspecified atom stereocenters. The summed E-state index contributed by atoms with van der Waals surface area (Å²) in [5.41, 5.74) is 0.572. The average Bonchev–Trinajstić information content (AvgIpc) is 2.53. The minimum atomic E-state index is -1.02. The number of para-hydroxylation sites is 1. The van der Waals surface area contributed by atoms with E-state index in [9.17, 15) is 14.7 Å². The molecule has 0 spiro atoms. The molecule has 0 radical (unpaired) electrons. The van der Waals surface area contributed by atoms with Gasteiger partial charge in [0.1, 0.15) is 0 Å². The van der Waals surface area contributed by atoms with Crippen molar-refractivity contribution in [2.75, 3.05) is 19.0 Å². The highest BCUT2D eigenvalue weighted by Gasteiger charge is 2.26. The van der Waals surface area contributed by atoms with Gasteiger partial charge in [0.2, 0.25) is 0 Å². The molecule has 2 rings (SSSR count). The summed E-state index contributed by atoms with van der Waals surface area (Å²) in [6, 6.07) is 6.68. The highest BCUT2D eigenvalue weighted by molar-refractivity contribution is 6.01. The van der Waals surface area contributed by atoms with Crippen molar-refractivity contribution >= 4 is 17.7 Å². The molecule has 1 aliphatic carbocycles. The van der Waals surface area contributed by atoms with Gasteiger partial charge in [0.15, 0.2) is 0 Å². The van der Waals surface area contributed by atoms with Gasteiger partial charge in [-0.3, -0.25) is 4.90 Å². The van der Waals surface area contributed by atoms with Crippen LogP contribution in [0.4, 0.5) is 10.5 Å². The number of hydrogen-bond donors (Lipinski definition) is 1. The number of anilines is 1. The lowest BCUT2D eigenvalue weighted by Gasteiger charge is -2.34. The Balaban J connectivity index is 2.17. The summed E-state index contributed by atoms with van der Waals surface area (Å²) in [6.45, 7) is 0. The van der Waals surface area contributed by atoms with Gasteiger partial charge in [0.25, 0.3) is 0 Å². The fourth-order valence-corrected chi connectivity index (χ4v) is 2.91. The Kier molecular flexibility index (Phi) is 4.83. The van der Waals surface area contributed by atoms with Crippen LogP contribution in [0.1, 0.15) is 42.5 Å². The van der Waals surface area contributed by atoms with Crippen molar-refractivity contribution in [3.05, 3.63) is 29.8 Å². The maximum atomic E-state index is 12.6. The Morgan fingerprint density at radius 3 is 2.33 bits per heavy atom. The number of nitrogens with zero attached hydrogens (tertiary/aromatic N) is 2. The van der Waals surface area contributed by atoms with Crippen LogP contribution in [-0.4, -0.2) is 42.1 Å². The summed E-state index contributed by atoms with van der Waals surface area (Å²) < 4.78 is 0. The quantitative estimate of drug-likeness (QED) is 0.930. The maximum Gasteiger partial charge on any atom is 0.337 e. The van der Waals surface area contributed by atoms with E-state index in [1.54, 1.807) is 37.2 Å². The zero-order valence-corrected chi connectivity index (χ0v) is 12.6. The van der Waals surface area contributed by atoms with Crippen molar-refractivity contribution in [2.24, 2.45) is 0 Å². The third-order valence-corrected chi connectivity index (χ3v) is 4.21. The topological polar surface area (TPSA) is 60.9 Å². The zero-order chi connectivity index (χ0) is 15.4. The Bertz CT molecular complexity index is 524. The van der Waals surface area contributed by atoms with Crippen molar-refractivity contribution in [3.8, 4) is 0 Å². The lowest BCUT2D eigenvalue weighted by Crippen LogP contribution is -2.45. The van der Waals surface area contributed by atoms with Crippen molar-refractivity contribution < 1.29 is 14.7 Å². The molecule has 0 aromatic heterocycles. The molecule has 5 nitrogen and oxygen atoms in total. The van der Waals surface area contributed by atoms with E-state index < -0.39 is 5.97 Å². The van der Waals surface area contributed by atoms with E-state index in [1.165, 1.54) is 17.4 Å². The van der Waals surface area contributed by atoms with E-state index >= 15 is 0 Å². The number of carbonyl (C=O) groups is 2. The number of urea groups is 1. The molecule has 0 heterocycles. The van der Waals surface area contributed by atoms with Crippen LogP contribution in [0.15, 0.2) is 24.3 Å². The third kappa shape index (κ3) is 3.35. The molecule has 1 saturated carbocycles.